The van der Waals surface area contributed by atoms with Gasteiger partial charge in [0.25, 0.3) is 0 Å². The van der Waals surface area contributed by atoms with Crippen LogP contribution in [0.3, 0.4) is 0 Å². The summed E-state index contributed by atoms with van der Waals surface area (Å²) in [5.74, 6) is -0.258. The van der Waals surface area contributed by atoms with Gasteiger partial charge in [-0.2, -0.15) is 0 Å². The first kappa shape index (κ1) is 13.4. The molecule has 100 valence electrons. The molecule has 1 aromatic rings. The molecule has 0 amide bonds. The summed E-state index contributed by atoms with van der Waals surface area (Å²) in [7, 11) is 0. The first-order valence-electron chi connectivity index (χ1n) is 6.58. The van der Waals surface area contributed by atoms with Crippen molar-refractivity contribution in [3.63, 3.8) is 0 Å². The van der Waals surface area contributed by atoms with Crippen LogP contribution in [-0.2, 0) is 17.7 Å². The molecule has 4 nitrogen and oxygen atoms in total. The number of quaternary nitrogens is 1. The number of thiophene rings is 1. The minimum Gasteiger partial charge on any atom is -0.462 e. The van der Waals surface area contributed by atoms with E-state index in [1.807, 2.05) is 6.92 Å². The molecule has 1 unspecified atom stereocenters. The van der Waals surface area contributed by atoms with Crippen molar-refractivity contribution in [2.45, 2.75) is 33.2 Å². The van der Waals surface area contributed by atoms with Gasteiger partial charge in [0, 0.05) is 6.42 Å². The number of nitrogen functional groups attached to an aromatic ring is 1. The minimum absolute atomic E-state index is 0.258. The molecule has 5 heteroatoms. The zero-order chi connectivity index (χ0) is 13.1. The third kappa shape index (κ3) is 2.52. The van der Waals surface area contributed by atoms with Crippen molar-refractivity contribution in [3.05, 3.63) is 16.0 Å². The fourth-order valence-corrected chi connectivity index (χ4v) is 3.73. The Morgan fingerprint density at radius 3 is 2.94 bits per heavy atom. The Hall–Kier alpha value is -1.07. The molecule has 0 saturated carbocycles. The van der Waals surface area contributed by atoms with Gasteiger partial charge in [-0.25, -0.2) is 4.79 Å². The summed E-state index contributed by atoms with van der Waals surface area (Å²) < 4.78 is 5.09. The fraction of sp³-hybridized carbons (Fsp3) is 0.615. The van der Waals surface area contributed by atoms with E-state index in [-0.39, 0.29) is 5.97 Å². The molecule has 1 atom stereocenters. The topological polar surface area (TPSA) is 56.8 Å². The molecule has 2 rings (SSSR count). The van der Waals surface area contributed by atoms with E-state index in [2.05, 4.69) is 6.92 Å². The molecular weight excluding hydrogens is 248 g/mol. The Balaban J connectivity index is 2.23. The van der Waals surface area contributed by atoms with E-state index >= 15 is 0 Å². The molecule has 3 N–H and O–H groups in total. The summed E-state index contributed by atoms with van der Waals surface area (Å²) in [4.78, 5) is 14.8. The van der Waals surface area contributed by atoms with Crippen LogP contribution in [-0.4, -0.2) is 25.7 Å². The van der Waals surface area contributed by atoms with E-state index in [1.165, 1.54) is 17.8 Å². The monoisotopic (exact) mass is 269 g/mol. The van der Waals surface area contributed by atoms with Crippen molar-refractivity contribution in [2.75, 3.05) is 25.4 Å². The molecular formula is C13H21N2O2S+. The first-order chi connectivity index (χ1) is 8.67. The molecule has 0 bridgehead atoms. The summed E-state index contributed by atoms with van der Waals surface area (Å²) in [6, 6.07) is 0. The lowest BCUT2D eigenvalue weighted by atomic mass is 10.0. The maximum Gasteiger partial charge on any atom is 0.341 e. The van der Waals surface area contributed by atoms with Crippen molar-refractivity contribution >= 4 is 22.3 Å². The number of ether oxygens (including phenoxy) is 1. The quantitative estimate of drug-likeness (QED) is 0.797. The highest BCUT2D eigenvalue weighted by Gasteiger charge is 2.29. The van der Waals surface area contributed by atoms with Crippen molar-refractivity contribution < 1.29 is 14.4 Å². The molecule has 0 saturated heterocycles. The van der Waals surface area contributed by atoms with Gasteiger partial charge in [0.2, 0.25) is 0 Å². The Morgan fingerprint density at radius 1 is 1.50 bits per heavy atom. The number of anilines is 1. The third-order valence-corrected chi connectivity index (χ3v) is 4.40. The first-order valence-corrected chi connectivity index (χ1v) is 7.39. The number of carbonyl (C=O) groups is 1. The van der Waals surface area contributed by atoms with Crippen LogP contribution in [0.2, 0.25) is 0 Å². The molecule has 0 aliphatic carbocycles. The molecule has 1 aromatic heterocycles. The second-order valence-electron chi connectivity index (χ2n) is 4.64. The molecule has 1 aliphatic rings. The summed E-state index contributed by atoms with van der Waals surface area (Å²) in [6.07, 6.45) is 2.13. The number of hydrogen-bond acceptors (Lipinski definition) is 4. The molecule has 1 aliphatic heterocycles. The predicted octanol–water partition coefficient (Wildman–Crippen LogP) is 0.858. The zero-order valence-electron chi connectivity index (χ0n) is 11.0. The van der Waals surface area contributed by atoms with Crippen LogP contribution in [0, 0.1) is 0 Å². The average Bonchev–Trinajstić information content (AvgIpc) is 2.65. The smallest absolute Gasteiger partial charge is 0.341 e. The van der Waals surface area contributed by atoms with E-state index in [1.54, 1.807) is 16.2 Å². The van der Waals surface area contributed by atoms with E-state index in [0.717, 1.165) is 25.1 Å². The van der Waals surface area contributed by atoms with Gasteiger partial charge in [-0.05, 0) is 18.9 Å². The maximum absolute atomic E-state index is 11.9. The normalized spacial score (nSPS) is 18.4. The van der Waals surface area contributed by atoms with E-state index in [9.17, 15) is 4.79 Å². The molecule has 0 fully saturated rings. The lowest BCUT2D eigenvalue weighted by molar-refractivity contribution is -0.915. The molecule has 2 heterocycles. The van der Waals surface area contributed by atoms with Crippen LogP contribution < -0.4 is 10.6 Å². The average molecular weight is 269 g/mol. The second kappa shape index (κ2) is 5.71. The van der Waals surface area contributed by atoms with Gasteiger partial charge in [-0.3, -0.25) is 0 Å². The Kier molecular flexibility index (Phi) is 4.24. The lowest BCUT2D eigenvalue weighted by Crippen LogP contribution is -3.11. The highest BCUT2D eigenvalue weighted by molar-refractivity contribution is 7.16. The largest absolute Gasteiger partial charge is 0.462 e. The maximum atomic E-state index is 11.9. The molecule has 0 aromatic carbocycles. The zero-order valence-corrected chi connectivity index (χ0v) is 11.9. The summed E-state index contributed by atoms with van der Waals surface area (Å²) >= 11 is 1.56. The number of rotatable bonds is 4. The lowest BCUT2D eigenvalue weighted by Gasteiger charge is -2.23. The van der Waals surface area contributed by atoms with Gasteiger partial charge in [-0.1, -0.05) is 6.92 Å². The molecule has 18 heavy (non-hydrogen) atoms. The van der Waals surface area contributed by atoms with Gasteiger partial charge in [0.15, 0.2) is 0 Å². The number of fused-ring (bicyclic) bond motifs is 1. The van der Waals surface area contributed by atoms with Gasteiger partial charge in [0.1, 0.15) is 11.5 Å². The van der Waals surface area contributed by atoms with Crippen molar-refractivity contribution in [1.29, 1.82) is 0 Å². The second-order valence-corrected chi connectivity index (χ2v) is 5.78. The standard InChI is InChI=1S/C13H20N2O2S/c1-3-6-15-7-5-9-10(8-15)18-12(14)11(9)13(16)17-4-2/h3-8,14H2,1-2H3/p+1. The van der Waals surface area contributed by atoms with Crippen molar-refractivity contribution in [1.82, 2.24) is 0 Å². The van der Waals surface area contributed by atoms with Gasteiger partial charge < -0.3 is 15.4 Å². The van der Waals surface area contributed by atoms with Crippen LogP contribution >= 0.6 is 11.3 Å². The highest BCUT2D eigenvalue weighted by atomic mass is 32.1. The predicted molar refractivity (Wildman–Crippen MR) is 73.1 cm³/mol. The van der Waals surface area contributed by atoms with Crippen LogP contribution in [0.25, 0.3) is 0 Å². The van der Waals surface area contributed by atoms with E-state index in [4.69, 9.17) is 10.5 Å². The van der Waals surface area contributed by atoms with Crippen molar-refractivity contribution in [3.8, 4) is 0 Å². The summed E-state index contributed by atoms with van der Waals surface area (Å²) in [5, 5.41) is 0.621. The fourth-order valence-electron chi connectivity index (χ4n) is 2.55. The summed E-state index contributed by atoms with van der Waals surface area (Å²) in [6.45, 7) is 7.69. The van der Waals surface area contributed by atoms with Crippen LogP contribution in [0.4, 0.5) is 5.00 Å². The van der Waals surface area contributed by atoms with Crippen LogP contribution in [0.1, 0.15) is 41.1 Å². The van der Waals surface area contributed by atoms with Crippen LogP contribution in [0.5, 0.6) is 0 Å². The van der Waals surface area contributed by atoms with Gasteiger partial charge >= 0.3 is 5.97 Å². The molecule has 0 radical (unpaired) electrons. The third-order valence-electron chi connectivity index (χ3n) is 3.34. The number of hydrogen-bond donors (Lipinski definition) is 2. The SMILES string of the molecule is CCC[NH+]1CCc2c(sc(N)c2C(=O)OCC)C1. The van der Waals surface area contributed by atoms with Gasteiger partial charge in [-0.15, -0.1) is 11.3 Å². The number of nitrogens with one attached hydrogen (secondary N) is 1. The number of esters is 1. The van der Waals surface area contributed by atoms with Crippen LogP contribution in [0.15, 0.2) is 0 Å². The Labute approximate surface area is 112 Å². The van der Waals surface area contributed by atoms with Crippen molar-refractivity contribution in [2.24, 2.45) is 0 Å². The van der Waals surface area contributed by atoms with E-state index in [0.29, 0.717) is 17.2 Å². The number of carbonyl (C=O) groups excluding carboxylic acids is 1. The highest BCUT2D eigenvalue weighted by Crippen LogP contribution is 2.32. The Morgan fingerprint density at radius 2 is 2.28 bits per heavy atom. The molecule has 0 spiro atoms. The number of nitrogens with two attached hydrogens (primary N) is 1. The minimum atomic E-state index is -0.258. The Bertz CT molecular complexity index is 442. The van der Waals surface area contributed by atoms with E-state index < -0.39 is 0 Å². The summed E-state index contributed by atoms with van der Waals surface area (Å²) in [5.41, 5.74) is 7.75. The van der Waals surface area contributed by atoms with Gasteiger partial charge in [0.05, 0.1) is 30.1 Å².